The largest absolute Gasteiger partial charge is 0.493 e. The highest BCUT2D eigenvalue weighted by Crippen LogP contribution is 2.35. The van der Waals surface area contributed by atoms with E-state index in [0.29, 0.717) is 28.2 Å². The number of carboxylic acid groups (broad SMARTS) is 1. The van der Waals surface area contributed by atoms with Crippen molar-refractivity contribution in [2.75, 3.05) is 7.11 Å². The second kappa shape index (κ2) is 10.6. The molecule has 0 radical (unpaired) electrons. The molecule has 3 aromatic carbocycles. The third-order valence-corrected chi connectivity index (χ3v) is 5.46. The van der Waals surface area contributed by atoms with Gasteiger partial charge in [0.2, 0.25) is 0 Å². The Kier molecular flexibility index (Phi) is 7.63. The molecule has 0 aliphatic rings. The van der Waals surface area contributed by atoms with E-state index in [1.54, 1.807) is 24.3 Å². The summed E-state index contributed by atoms with van der Waals surface area (Å²) in [6.45, 7) is 0.216. The van der Waals surface area contributed by atoms with Crippen molar-refractivity contribution in [1.29, 1.82) is 5.26 Å². The minimum atomic E-state index is -0.993. The molecule has 0 aliphatic carbocycles. The van der Waals surface area contributed by atoms with Crippen molar-refractivity contribution in [3.63, 3.8) is 0 Å². The molecule has 0 aliphatic heterocycles. The van der Waals surface area contributed by atoms with Gasteiger partial charge in [-0.25, -0.2) is 4.79 Å². The van der Waals surface area contributed by atoms with E-state index in [-0.39, 0.29) is 17.9 Å². The summed E-state index contributed by atoms with van der Waals surface area (Å²) in [5.74, 6) is -0.00417. The monoisotopic (exact) mass is 556 g/mol. The first-order valence-electron chi connectivity index (χ1n) is 9.51. The van der Waals surface area contributed by atoms with E-state index in [1.807, 2.05) is 6.07 Å². The smallest absolute Gasteiger partial charge is 0.335 e. The molecule has 1 N–H and O–H groups in total. The van der Waals surface area contributed by atoms with Crippen LogP contribution in [0.3, 0.4) is 0 Å². The second-order valence-electron chi connectivity index (χ2n) is 6.80. The lowest BCUT2D eigenvalue weighted by Crippen LogP contribution is -2.01. The molecule has 33 heavy (non-hydrogen) atoms. The van der Waals surface area contributed by atoms with Crippen LogP contribution in [0.5, 0.6) is 11.5 Å². The fraction of sp³-hybridized carbons (Fsp3) is 0.0833. The van der Waals surface area contributed by atoms with Gasteiger partial charge in [0, 0.05) is 12.1 Å². The first kappa shape index (κ1) is 23.7. The van der Waals surface area contributed by atoms with Gasteiger partial charge in [-0.3, -0.25) is 10.1 Å². The second-order valence-corrected chi connectivity index (χ2v) is 7.96. The van der Waals surface area contributed by atoms with E-state index < -0.39 is 10.9 Å². The molecule has 0 atom stereocenters. The summed E-state index contributed by atoms with van der Waals surface area (Å²) >= 11 is 2.11. The van der Waals surface area contributed by atoms with E-state index in [4.69, 9.17) is 14.6 Å². The molecule has 0 unspecified atom stereocenters. The number of rotatable bonds is 8. The van der Waals surface area contributed by atoms with Gasteiger partial charge in [-0.1, -0.05) is 12.1 Å². The lowest BCUT2D eigenvalue weighted by atomic mass is 10.0. The van der Waals surface area contributed by atoms with Crippen LogP contribution < -0.4 is 9.47 Å². The third-order valence-electron chi connectivity index (χ3n) is 4.66. The zero-order chi connectivity index (χ0) is 24.0. The van der Waals surface area contributed by atoms with Crippen LogP contribution in [0.2, 0.25) is 0 Å². The first-order chi connectivity index (χ1) is 15.8. The Hall–Kier alpha value is -3.91. The number of ether oxygens (including phenoxy) is 2. The summed E-state index contributed by atoms with van der Waals surface area (Å²) in [6.07, 6.45) is 1.67. The number of carboxylic acids is 1. The normalized spacial score (nSPS) is 10.9. The number of benzene rings is 3. The van der Waals surface area contributed by atoms with Crippen molar-refractivity contribution < 1.29 is 24.3 Å². The van der Waals surface area contributed by atoms with Crippen LogP contribution in [0.25, 0.3) is 11.6 Å². The predicted molar refractivity (Wildman–Crippen MR) is 130 cm³/mol. The summed E-state index contributed by atoms with van der Waals surface area (Å²) < 4.78 is 12.1. The lowest BCUT2D eigenvalue weighted by molar-refractivity contribution is -0.384. The Morgan fingerprint density at radius 3 is 2.33 bits per heavy atom. The number of nitriles is 1. The van der Waals surface area contributed by atoms with Crippen LogP contribution in [-0.4, -0.2) is 23.1 Å². The number of carbonyl (C=O) groups is 1. The number of hydrogen-bond acceptors (Lipinski definition) is 6. The Labute approximate surface area is 203 Å². The highest BCUT2D eigenvalue weighted by atomic mass is 127. The van der Waals surface area contributed by atoms with Gasteiger partial charge in [-0.15, -0.1) is 0 Å². The summed E-state index contributed by atoms with van der Waals surface area (Å²) in [5.41, 5.74) is 2.54. The molecule has 8 nitrogen and oxygen atoms in total. The highest BCUT2D eigenvalue weighted by molar-refractivity contribution is 14.1. The van der Waals surface area contributed by atoms with Crippen LogP contribution in [0.15, 0.2) is 60.7 Å². The molecular formula is C24H17IN2O6. The SMILES string of the molecule is COc1cc(/C=C(\C#N)c2ccc([N+](=O)[O-])cc2)cc(I)c1OCc1ccc(C(=O)O)cc1. The molecule has 0 bridgehead atoms. The van der Waals surface area contributed by atoms with E-state index in [1.165, 1.54) is 43.5 Å². The van der Waals surface area contributed by atoms with Gasteiger partial charge in [0.05, 0.1) is 32.8 Å². The molecule has 166 valence electrons. The van der Waals surface area contributed by atoms with Gasteiger partial charge in [-0.2, -0.15) is 5.26 Å². The number of hydrogen-bond donors (Lipinski definition) is 1. The van der Waals surface area contributed by atoms with Crippen molar-refractivity contribution >= 4 is 45.9 Å². The number of non-ortho nitro benzene ring substituents is 1. The maximum Gasteiger partial charge on any atom is 0.335 e. The summed E-state index contributed by atoms with van der Waals surface area (Å²) in [6, 6.07) is 17.8. The molecule has 3 rings (SSSR count). The van der Waals surface area contributed by atoms with Crippen molar-refractivity contribution in [2.24, 2.45) is 0 Å². The minimum absolute atomic E-state index is 0.0497. The zero-order valence-electron chi connectivity index (χ0n) is 17.3. The Bertz CT molecular complexity index is 1260. The summed E-state index contributed by atoms with van der Waals surface area (Å²) in [5, 5.41) is 29.4. The molecule has 0 saturated carbocycles. The van der Waals surface area contributed by atoms with Gasteiger partial charge in [-0.05, 0) is 81.8 Å². The maximum atomic E-state index is 11.0. The van der Waals surface area contributed by atoms with Gasteiger partial charge < -0.3 is 14.6 Å². The molecule has 9 heteroatoms. The number of nitro benzene ring substituents is 1. The Morgan fingerprint density at radius 1 is 1.15 bits per heavy atom. The van der Waals surface area contributed by atoms with E-state index in [0.717, 1.165) is 9.13 Å². The molecule has 0 heterocycles. The van der Waals surface area contributed by atoms with Gasteiger partial charge >= 0.3 is 5.97 Å². The van der Waals surface area contributed by atoms with Crippen LogP contribution in [0, 0.1) is 25.0 Å². The molecule has 0 saturated heterocycles. The van der Waals surface area contributed by atoms with Crippen molar-refractivity contribution in [2.45, 2.75) is 6.61 Å². The maximum absolute atomic E-state index is 11.0. The number of halogens is 1. The molecule has 0 amide bonds. The van der Waals surface area contributed by atoms with Crippen LogP contribution >= 0.6 is 22.6 Å². The Morgan fingerprint density at radius 2 is 1.79 bits per heavy atom. The van der Waals surface area contributed by atoms with Gasteiger partial charge in [0.1, 0.15) is 6.61 Å². The number of allylic oxidation sites excluding steroid dienone is 1. The van der Waals surface area contributed by atoms with Crippen molar-refractivity contribution in [1.82, 2.24) is 0 Å². The minimum Gasteiger partial charge on any atom is -0.493 e. The van der Waals surface area contributed by atoms with E-state index >= 15 is 0 Å². The average Bonchev–Trinajstić information content (AvgIpc) is 2.81. The van der Waals surface area contributed by atoms with E-state index in [9.17, 15) is 20.2 Å². The molecular weight excluding hydrogens is 539 g/mol. The van der Waals surface area contributed by atoms with Crippen LogP contribution in [-0.2, 0) is 6.61 Å². The summed E-state index contributed by atoms with van der Waals surface area (Å²) in [4.78, 5) is 21.3. The fourth-order valence-corrected chi connectivity index (χ4v) is 3.75. The first-order valence-corrected chi connectivity index (χ1v) is 10.6. The molecule has 0 spiro atoms. The fourth-order valence-electron chi connectivity index (χ4n) is 2.97. The average molecular weight is 556 g/mol. The molecule has 0 aromatic heterocycles. The quantitative estimate of drug-likeness (QED) is 0.127. The van der Waals surface area contributed by atoms with Crippen molar-refractivity contribution in [3.8, 4) is 17.6 Å². The van der Waals surface area contributed by atoms with Gasteiger partial charge in [0.25, 0.3) is 5.69 Å². The number of aromatic carboxylic acids is 1. The van der Waals surface area contributed by atoms with Crippen LogP contribution in [0.1, 0.15) is 27.0 Å². The van der Waals surface area contributed by atoms with Crippen LogP contribution in [0.4, 0.5) is 5.69 Å². The van der Waals surface area contributed by atoms with Crippen molar-refractivity contribution in [3.05, 3.63) is 96.6 Å². The summed E-state index contributed by atoms with van der Waals surface area (Å²) in [7, 11) is 1.51. The standard InChI is InChI=1S/C24H17IN2O6/c1-32-22-12-16(10-19(13-26)17-6-8-20(9-7-17)27(30)31)11-21(25)23(22)33-14-15-2-4-18(5-3-15)24(28)29/h2-12H,14H2,1H3,(H,28,29)/b19-10+. The van der Waals surface area contributed by atoms with Gasteiger partial charge in [0.15, 0.2) is 11.5 Å². The Balaban J connectivity index is 1.84. The molecule has 0 fully saturated rings. The topological polar surface area (TPSA) is 123 Å². The predicted octanol–water partition coefficient (Wildman–Crippen LogP) is 5.55. The number of methoxy groups -OCH3 is 1. The third kappa shape index (κ3) is 5.87. The molecule has 3 aromatic rings. The number of nitro groups is 1. The number of nitrogens with zero attached hydrogens (tertiary/aromatic N) is 2. The zero-order valence-corrected chi connectivity index (χ0v) is 19.5. The van der Waals surface area contributed by atoms with E-state index in [2.05, 4.69) is 28.7 Å². The lowest BCUT2D eigenvalue weighted by Gasteiger charge is -2.14. The highest BCUT2D eigenvalue weighted by Gasteiger charge is 2.13.